The minimum absolute atomic E-state index is 0.221. The van der Waals surface area contributed by atoms with Gasteiger partial charge in [0.05, 0.1) is 18.9 Å². The van der Waals surface area contributed by atoms with E-state index in [9.17, 15) is 4.39 Å². The maximum atomic E-state index is 11.8. The highest BCUT2D eigenvalue weighted by molar-refractivity contribution is 4.78. The molecule has 0 saturated carbocycles. The molecule has 0 aromatic rings. The van der Waals surface area contributed by atoms with Gasteiger partial charge in [-0.25, -0.2) is 0 Å². The van der Waals surface area contributed by atoms with Crippen molar-refractivity contribution < 1.29 is 9.13 Å². The summed E-state index contributed by atoms with van der Waals surface area (Å²) >= 11 is 0. The van der Waals surface area contributed by atoms with Gasteiger partial charge in [-0.3, -0.25) is 4.39 Å². The van der Waals surface area contributed by atoms with Gasteiger partial charge in [-0.05, 0) is 39.7 Å². The zero-order chi connectivity index (χ0) is 9.68. The maximum Gasteiger partial charge on any atom is 0.0906 e. The molecule has 0 amide bonds. The number of hydrogen-bond acceptors (Lipinski definition) is 2. The molecule has 1 fully saturated rings. The molecule has 78 valence electrons. The first kappa shape index (κ1) is 10.9. The second-order valence-corrected chi connectivity index (χ2v) is 3.92. The van der Waals surface area contributed by atoms with E-state index in [1.807, 2.05) is 0 Å². The van der Waals surface area contributed by atoms with E-state index in [4.69, 9.17) is 4.74 Å². The standard InChI is InChI=1S/C10H20FNO/c1-8-6-10(7-9(2)13-8)12-5-3-4-11/h8-10,12H,3-7H2,1-2H3. The Morgan fingerprint density at radius 2 is 1.92 bits per heavy atom. The summed E-state index contributed by atoms with van der Waals surface area (Å²) in [5.41, 5.74) is 0. The number of rotatable bonds is 4. The van der Waals surface area contributed by atoms with Crippen molar-refractivity contribution in [3.05, 3.63) is 0 Å². The number of ether oxygens (including phenoxy) is 1. The molecule has 3 heteroatoms. The Bertz CT molecular complexity index is 133. The topological polar surface area (TPSA) is 21.3 Å². The summed E-state index contributed by atoms with van der Waals surface area (Å²) in [6, 6.07) is 0.519. The Labute approximate surface area is 79.8 Å². The van der Waals surface area contributed by atoms with Gasteiger partial charge in [0, 0.05) is 6.04 Å². The van der Waals surface area contributed by atoms with Crippen molar-refractivity contribution in [1.29, 1.82) is 0 Å². The molecule has 0 bridgehead atoms. The number of nitrogens with one attached hydrogen (secondary N) is 1. The first-order valence-corrected chi connectivity index (χ1v) is 5.17. The van der Waals surface area contributed by atoms with E-state index in [1.165, 1.54) is 0 Å². The first-order chi connectivity index (χ1) is 6.22. The van der Waals surface area contributed by atoms with E-state index < -0.39 is 0 Å². The fourth-order valence-electron chi connectivity index (χ4n) is 1.94. The highest BCUT2D eigenvalue weighted by Crippen LogP contribution is 2.18. The third kappa shape index (κ3) is 4.05. The van der Waals surface area contributed by atoms with Crippen LogP contribution in [0.5, 0.6) is 0 Å². The summed E-state index contributed by atoms with van der Waals surface area (Å²) in [7, 11) is 0. The third-order valence-corrected chi connectivity index (χ3v) is 2.44. The number of hydrogen-bond donors (Lipinski definition) is 1. The smallest absolute Gasteiger partial charge is 0.0906 e. The van der Waals surface area contributed by atoms with Gasteiger partial charge in [0.1, 0.15) is 0 Å². The average molecular weight is 189 g/mol. The zero-order valence-electron chi connectivity index (χ0n) is 8.55. The summed E-state index contributed by atoms with van der Waals surface area (Å²) in [6.45, 7) is 4.76. The summed E-state index contributed by atoms with van der Waals surface area (Å²) < 4.78 is 17.4. The minimum atomic E-state index is -0.221. The van der Waals surface area contributed by atoms with Crippen LogP contribution in [-0.2, 0) is 4.74 Å². The molecule has 1 aliphatic rings. The lowest BCUT2D eigenvalue weighted by Gasteiger charge is -2.32. The maximum absolute atomic E-state index is 11.8. The Morgan fingerprint density at radius 1 is 1.31 bits per heavy atom. The van der Waals surface area contributed by atoms with Crippen LogP contribution in [0.4, 0.5) is 4.39 Å². The molecule has 1 N–H and O–H groups in total. The Balaban J connectivity index is 2.17. The van der Waals surface area contributed by atoms with Crippen LogP contribution >= 0.6 is 0 Å². The lowest BCUT2D eigenvalue weighted by molar-refractivity contribution is -0.0420. The highest BCUT2D eigenvalue weighted by atomic mass is 19.1. The fraction of sp³-hybridized carbons (Fsp3) is 1.00. The summed E-state index contributed by atoms with van der Waals surface area (Å²) in [4.78, 5) is 0. The van der Waals surface area contributed by atoms with Crippen LogP contribution in [0.1, 0.15) is 33.1 Å². The molecule has 1 rings (SSSR count). The summed E-state index contributed by atoms with van der Waals surface area (Å²) in [5, 5.41) is 3.36. The van der Waals surface area contributed by atoms with Gasteiger partial charge < -0.3 is 10.1 Å². The lowest BCUT2D eigenvalue weighted by atomic mass is 10.00. The second-order valence-electron chi connectivity index (χ2n) is 3.92. The molecule has 1 aliphatic heterocycles. The van der Waals surface area contributed by atoms with Crippen LogP contribution < -0.4 is 5.32 Å². The molecular formula is C10H20FNO. The Morgan fingerprint density at radius 3 is 2.46 bits per heavy atom. The van der Waals surface area contributed by atoms with Gasteiger partial charge in [-0.1, -0.05) is 0 Å². The van der Waals surface area contributed by atoms with Crippen LogP contribution in [-0.4, -0.2) is 31.5 Å². The second kappa shape index (κ2) is 5.55. The van der Waals surface area contributed by atoms with E-state index in [1.54, 1.807) is 0 Å². The lowest BCUT2D eigenvalue weighted by Crippen LogP contribution is -2.41. The molecular weight excluding hydrogens is 169 g/mol. The molecule has 1 heterocycles. The van der Waals surface area contributed by atoms with Crippen molar-refractivity contribution >= 4 is 0 Å². The van der Waals surface area contributed by atoms with Gasteiger partial charge in [-0.2, -0.15) is 0 Å². The van der Waals surface area contributed by atoms with Crippen molar-refractivity contribution in [1.82, 2.24) is 5.32 Å². The number of alkyl halides is 1. The van der Waals surface area contributed by atoms with Gasteiger partial charge in [-0.15, -0.1) is 0 Å². The van der Waals surface area contributed by atoms with E-state index in [0.717, 1.165) is 19.4 Å². The average Bonchev–Trinajstić information content (AvgIpc) is 2.03. The molecule has 1 saturated heterocycles. The van der Waals surface area contributed by atoms with Gasteiger partial charge in [0.2, 0.25) is 0 Å². The largest absolute Gasteiger partial charge is 0.375 e. The summed E-state index contributed by atoms with van der Waals surface area (Å²) in [5.74, 6) is 0. The summed E-state index contributed by atoms with van der Waals surface area (Å²) in [6.07, 6.45) is 3.41. The predicted molar refractivity (Wildman–Crippen MR) is 51.6 cm³/mol. The van der Waals surface area contributed by atoms with E-state index in [-0.39, 0.29) is 6.67 Å². The monoisotopic (exact) mass is 189 g/mol. The van der Waals surface area contributed by atoms with E-state index in [2.05, 4.69) is 19.2 Å². The molecule has 0 aromatic heterocycles. The van der Waals surface area contributed by atoms with Crippen molar-refractivity contribution in [2.75, 3.05) is 13.2 Å². The third-order valence-electron chi connectivity index (χ3n) is 2.44. The molecule has 0 aromatic carbocycles. The molecule has 0 spiro atoms. The molecule has 2 nitrogen and oxygen atoms in total. The molecule has 0 radical (unpaired) electrons. The Kier molecular flexibility index (Phi) is 4.67. The highest BCUT2D eigenvalue weighted by Gasteiger charge is 2.23. The van der Waals surface area contributed by atoms with Crippen molar-refractivity contribution in [2.24, 2.45) is 0 Å². The quantitative estimate of drug-likeness (QED) is 0.682. The van der Waals surface area contributed by atoms with Crippen LogP contribution in [0.15, 0.2) is 0 Å². The van der Waals surface area contributed by atoms with Crippen LogP contribution in [0.2, 0.25) is 0 Å². The predicted octanol–water partition coefficient (Wildman–Crippen LogP) is 1.89. The molecule has 2 unspecified atom stereocenters. The van der Waals surface area contributed by atoms with Crippen molar-refractivity contribution in [2.45, 2.75) is 51.4 Å². The number of halogens is 1. The van der Waals surface area contributed by atoms with Gasteiger partial charge in [0.25, 0.3) is 0 Å². The van der Waals surface area contributed by atoms with Gasteiger partial charge in [0.15, 0.2) is 0 Å². The van der Waals surface area contributed by atoms with Crippen LogP contribution in [0.25, 0.3) is 0 Å². The van der Waals surface area contributed by atoms with E-state index in [0.29, 0.717) is 24.7 Å². The van der Waals surface area contributed by atoms with Crippen LogP contribution in [0, 0.1) is 0 Å². The van der Waals surface area contributed by atoms with Crippen molar-refractivity contribution in [3.8, 4) is 0 Å². The Hall–Kier alpha value is -0.150. The normalized spacial score (nSPS) is 34.8. The van der Waals surface area contributed by atoms with Crippen molar-refractivity contribution in [3.63, 3.8) is 0 Å². The molecule has 0 aliphatic carbocycles. The zero-order valence-corrected chi connectivity index (χ0v) is 8.55. The van der Waals surface area contributed by atoms with Crippen LogP contribution in [0.3, 0.4) is 0 Å². The fourth-order valence-corrected chi connectivity index (χ4v) is 1.94. The minimum Gasteiger partial charge on any atom is -0.375 e. The SMILES string of the molecule is CC1CC(NCCCF)CC(C)O1. The van der Waals surface area contributed by atoms with Gasteiger partial charge >= 0.3 is 0 Å². The molecule has 13 heavy (non-hydrogen) atoms. The first-order valence-electron chi connectivity index (χ1n) is 5.17. The molecule has 2 atom stereocenters. The van der Waals surface area contributed by atoms with E-state index >= 15 is 0 Å².